The normalized spacial score (nSPS) is 13.0. The zero-order valence-electron chi connectivity index (χ0n) is 15.7. The molecule has 0 aromatic heterocycles. The van der Waals surface area contributed by atoms with E-state index in [9.17, 15) is 8.42 Å². The number of rotatable bonds is 7. The summed E-state index contributed by atoms with van der Waals surface area (Å²) in [4.78, 5) is 0.335. The second-order valence-corrected chi connectivity index (χ2v) is 8.36. The molecule has 142 valence electrons. The Bertz CT molecular complexity index is 1050. The largest absolute Gasteiger partial charge is 0.488 e. The zero-order chi connectivity index (χ0) is 20.0. The monoisotopic (exact) mass is 390 g/mol. The van der Waals surface area contributed by atoms with E-state index in [0.29, 0.717) is 5.56 Å². The highest BCUT2D eigenvalue weighted by Crippen LogP contribution is 2.31. The van der Waals surface area contributed by atoms with Crippen molar-refractivity contribution >= 4 is 14.7 Å². The van der Waals surface area contributed by atoms with Crippen LogP contribution in [-0.2, 0) is 14.6 Å². The minimum Gasteiger partial charge on any atom is -0.488 e. The maximum atomic E-state index is 13.3. The van der Waals surface area contributed by atoms with Gasteiger partial charge >= 0.3 is 0 Å². The Balaban J connectivity index is 2.06. The number of ether oxygens (including phenoxy) is 1. The average molecular weight is 391 g/mol. The van der Waals surface area contributed by atoms with Gasteiger partial charge in [-0.25, -0.2) is 8.42 Å². The number of sulfone groups is 1. The van der Waals surface area contributed by atoms with E-state index < -0.39 is 15.9 Å². The molecule has 0 amide bonds. The molecule has 1 atom stereocenters. The van der Waals surface area contributed by atoms with Crippen LogP contribution in [0.3, 0.4) is 0 Å². The summed E-state index contributed by atoms with van der Waals surface area (Å²) in [5.41, 5.74) is 2.27. The molecule has 28 heavy (non-hydrogen) atoms. The summed E-state index contributed by atoms with van der Waals surface area (Å²) in [6.45, 7) is 5.86. The van der Waals surface area contributed by atoms with Crippen molar-refractivity contribution in [3.8, 4) is 0 Å². The summed E-state index contributed by atoms with van der Waals surface area (Å²) >= 11 is 0. The molecule has 0 saturated carbocycles. The van der Waals surface area contributed by atoms with Crippen LogP contribution in [0.15, 0.2) is 114 Å². The zero-order valence-corrected chi connectivity index (χ0v) is 16.5. The first-order valence-corrected chi connectivity index (χ1v) is 10.4. The lowest BCUT2D eigenvalue weighted by Crippen LogP contribution is -2.07. The Hall–Kier alpha value is -3.11. The summed E-state index contributed by atoms with van der Waals surface area (Å²) in [5.74, 6) is 0. The van der Waals surface area contributed by atoms with Crippen molar-refractivity contribution in [3.63, 3.8) is 0 Å². The van der Waals surface area contributed by atoms with Gasteiger partial charge in [-0.2, -0.15) is 0 Å². The van der Waals surface area contributed by atoms with Crippen LogP contribution in [0.5, 0.6) is 0 Å². The van der Waals surface area contributed by atoms with Gasteiger partial charge in [-0.05, 0) is 35.8 Å². The van der Waals surface area contributed by atoms with Crippen LogP contribution in [0.1, 0.15) is 24.2 Å². The first-order valence-electron chi connectivity index (χ1n) is 8.91. The van der Waals surface area contributed by atoms with E-state index in [1.54, 1.807) is 54.6 Å². The van der Waals surface area contributed by atoms with E-state index in [0.717, 1.165) is 11.1 Å². The van der Waals surface area contributed by atoms with E-state index >= 15 is 0 Å². The van der Waals surface area contributed by atoms with E-state index in [4.69, 9.17) is 4.74 Å². The molecule has 0 saturated heterocycles. The van der Waals surface area contributed by atoms with Crippen molar-refractivity contribution in [2.24, 2.45) is 0 Å². The summed E-state index contributed by atoms with van der Waals surface area (Å²) in [7, 11) is -3.75. The molecule has 0 heterocycles. The standard InChI is InChI=1S/C24H22O3S/c1-19(2)24(21-14-8-4-9-15-21)27-18-23(20-12-6-3-7-13-20)28(25,26)22-16-10-5-11-17-22/h3-18,24H,1H2,2H3/b23-18-. The Labute approximate surface area is 166 Å². The van der Waals surface area contributed by atoms with E-state index in [1.807, 2.05) is 43.3 Å². The summed E-state index contributed by atoms with van der Waals surface area (Å²) in [5, 5.41) is 0. The molecule has 0 fully saturated rings. The van der Waals surface area contributed by atoms with Gasteiger partial charge in [0.25, 0.3) is 0 Å². The molecular weight excluding hydrogens is 368 g/mol. The van der Waals surface area contributed by atoms with Crippen molar-refractivity contribution in [2.75, 3.05) is 0 Å². The molecule has 4 heteroatoms. The van der Waals surface area contributed by atoms with Crippen LogP contribution >= 0.6 is 0 Å². The smallest absolute Gasteiger partial charge is 0.210 e. The fraction of sp³-hybridized carbons (Fsp3) is 0.0833. The fourth-order valence-electron chi connectivity index (χ4n) is 2.85. The van der Waals surface area contributed by atoms with Crippen LogP contribution in [0.25, 0.3) is 4.91 Å². The van der Waals surface area contributed by atoms with Crippen LogP contribution in [0.4, 0.5) is 0 Å². The molecule has 3 aromatic rings. The minimum atomic E-state index is -3.75. The van der Waals surface area contributed by atoms with Gasteiger partial charge in [0.1, 0.15) is 17.3 Å². The molecule has 0 spiro atoms. The molecule has 0 radical (unpaired) electrons. The number of benzene rings is 3. The Kier molecular flexibility index (Phi) is 6.12. The third kappa shape index (κ3) is 4.41. The summed E-state index contributed by atoms with van der Waals surface area (Å²) < 4.78 is 32.5. The van der Waals surface area contributed by atoms with Crippen LogP contribution in [0, 0.1) is 0 Å². The Morgan fingerprint density at radius 1 is 0.857 bits per heavy atom. The Morgan fingerprint density at radius 2 is 1.36 bits per heavy atom. The van der Waals surface area contributed by atoms with Crippen LogP contribution in [-0.4, -0.2) is 8.42 Å². The molecule has 3 nitrogen and oxygen atoms in total. The van der Waals surface area contributed by atoms with Crippen molar-refractivity contribution < 1.29 is 13.2 Å². The lowest BCUT2D eigenvalue weighted by molar-refractivity contribution is 0.181. The highest BCUT2D eigenvalue weighted by molar-refractivity contribution is 8.00. The maximum Gasteiger partial charge on any atom is 0.210 e. The van der Waals surface area contributed by atoms with Crippen LogP contribution in [0.2, 0.25) is 0 Å². The van der Waals surface area contributed by atoms with E-state index in [-0.39, 0.29) is 9.80 Å². The summed E-state index contributed by atoms with van der Waals surface area (Å²) in [6.07, 6.45) is 0.898. The molecule has 0 aliphatic heterocycles. The molecule has 0 aliphatic rings. The first kappa shape index (κ1) is 19.6. The molecule has 1 unspecified atom stereocenters. The van der Waals surface area contributed by atoms with Gasteiger partial charge in [0.15, 0.2) is 0 Å². The molecule has 3 aromatic carbocycles. The van der Waals surface area contributed by atoms with Gasteiger partial charge < -0.3 is 4.74 Å². The summed E-state index contributed by atoms with van der Waals surface area (Å²) in [6, 6.07) is 26.9. The number of hydrogen-bond donors (Lipinski definition) is 0. The third-order valence-electron chi connectivity index (χ3n) is 4.26. The average Bonchev–Trinajstić information content (AvgIpc) is 2.72. The highest BCUT2D eigenvalue weighted by Gasteiger charge is 2.24. The van der Waals surface area contributed by atoms with Gasteiger partial charge in [-0.15, -0.1) is 0 Å². The SMILES string of the molecule is C=C(C)C(O/C=C(/c1ccccc1)S(=O)(=O)c1ccccc1)c1ccccc1. The van der Waals surface area contributed by atoms with Crippen LogP contribution < -0.4 is 0 Å². The molecule has 3 rings (SSSR count). The second kappa shape index (κ2) is 8.72. The number of hydrogen-bond acceptors (Lipinski definition) is 3. The fourth-order valence-corrected chi connectivity index (χ4v) is 4.25. The third-order valence-corrected chi connectivity index (χ3v) is 6.07. The lowest BCUT2D eigenvalue weighted by Gasteiger charge is -2.19. The van der Waals surface area contributed by atoms with Gasteiger partial charge in [0.2, 0.25) is 9.84 Å². The Morgan fingerprint density at radius 3 is 1.89 bits per heavy atom. The van der Waals surface area contributed by atoms with E-state index in [2.05, 4.69) is 6.58 Å². The van der Waals surface area contributed by atoms with Crippen molar-refractivity contribution in [1.29, 1.82) is 0 Å². The van der Waals surface area contributed by atoms with Crippen molar-refractivity contribution in [1.82, 2.24) is 0 Å². The molecule has 0 bridgehead atoms. The van der Waals surface area contributed by atoms with Gasteiger partial charge in [-0.3, -0.25) is 0 Å². The quantitative estimate of drug-likeness (QED) is 0.379. The molecule has 0 aliphatic carbocycles. The molecular formula is C24H22O3S. The lowest BCUT2D eigenvalue weighted by atomic mass is 10.0. The van der Waals surface area contributed by atoms with Crippen molar-refractivity contribution in [3.05, 3.63) is 121 Å². The predicted octanol–water partition coefficient (Wildman–Crippen LogP) is 5.79. The topological polar surface area (TPSA) is 43.4 Å². The molecule has 0 N–H and O–H groups in total. The van der Waals surface area contributed by atoms with Gasteiger partial charge in [-0.1, -0.05) is 85.4 Å². The minimum absolute atomic E-state index is 0.112. The van der Waals surface area contributed by atoms with Gasteiger partial charge in [0, 0.05) is 0 Å². The second-order valence-electron chi connectivity index (χ2n) is 6.44. The maximum absolute atomic E-state index is 13.3. The van der Waals surface area contributed by atoms with E-state index in [1.165, 1.54) is 6.26 Å². The highest BCUT2D eigenvalue weighted by atomic mass is 32.2. The predicted molar refractivity (Wildman–Crippen MR) is 113 cm³/mol. The van der Waals surface area contributed by atoms with Gasteiger partial charge in [0.05, 0.1) is 4.90 Å². The first-order chi connectivity index (χ1) is 13.5. The van der Waals surface area contributed by atoms with Crippen molar-refractivity contribution in [2.45, 2.75) is 17.9 Å².